The van der Waals surface area contributed by atoms with Gasteiger partial charge in [0.25, 0.3) is 0 Å². The van der Waals surface area contributed by atoms with Gasteiger partial charge in [-0.05, 0) is 48.9 Å². The molecule has 0 aromatic heterocycles. The summed E-state index contributed by atoms with van der Waals surface area (Å²) >= 11 is 12.7. The molecule has 0 heterocycles. The molecule has 11 heavy (non-hydrogen) atoms. The number of hydrogen-bond acceptors (Lipinski definition) is 3. The predicted molar refractivity (Wildman–Crippen MR) is 63.5 cm³/mol. The van der Waals surface area contributed by atoms with E-state index in [2.05, 4.69) is 37.9 Å². The minimum atomic E-state index is 0.831. The molecule has 0 bridgehead atoms. The van der Waals surface area contributed by atoms with Crippen molar-refractivity contribution in [2.75, 3.05) is 17.3 Å². The van der Waals surface area contributed by atoms with Crippen molar-refractivity contribution in [2.45, 2.75) is 25.7 Å². The zero-order chi connectivity index (χ0) is 8.53. The quantitative estimate of drug-likeness (QED) is 0.529. The second kappa shape index (κ2) is 9.14. The third kappa shape index (κ3) is 7.41. The molecule has 0 fully saturated rings. The first-order valence-corrected chi connectivity index (χ1v) is 6.07. The largest absolute Gasteiger partial charge is 0.179 e. The van der Waals surface area contributed by atoms with Gasteiger partial charge in [0, 0.05) is 0 Å². The van der Waals surface area contributed by atoms with Crippen LogP contribution in [0.5, 0.6) is 0 Å². The third-order valence-electron chi connectivity index (χ3n) is 1.85. The molecular weight excluding hydrogens is 192 g/mol. The second-order valence-corrected chi connectivity index (χ2v) is 4.10. The zero-order valence-corrected chi connectivity index (χ0v) is 9.55. The smallest absolute Gasteiger partial charge is 0.00953 e. The highest BCUT2D eigenvalue weighted by atomic mass is 32.1. The van der Waals surface area contributed by atoms with Gasteiger partial charge in [-0.2, -0.15) is 37.9 Å². The van der Waals surface area contributed by atoms with Gasteiger partial charge in [-0.1, -0.05) is 0 Å². The van der Waals surface area contributed by atoms with Crippen molar-refractivity contribution in [1.82, 2.24) is 0 Å². The monoisotopic (exact) mass is 210 g/mol. The maximum absolute atomic E-state index is 4.23. The molecule has 68 valence electrons. The van der Waals surface area contributed by atoms with Crippen LogP contribution in [0.25, 0.3) is 0 Å². The molecule has 0 radical (unpaired) electrons. The van der Waals surface area contributed by atoms with Crippen LogP contribution in [0.15, 0.2) is 0 Å². The fourth-order valence-corrected chi connectivity index (χ4v) is 2.09. The molecule has 0 unspecified atom stereocenters. The van der Waals surface area contributed by atoms with Gasteiger partial charge in [0.05, 0.1) is 0 Å². The Morgan fingerprint density at radius 1 is 0.727 bits per heavy atom. The van der Waals surface area contributed by atoms with E-state index in [1.165, 1.54) is 25.7 Å². The summed E-state index contributed by atoms with van der Waals surface area (Å²) in [4.78, 5) is 0. The Morgan fingerprint density at radius 3 is 1.64 bits per heavy atom. The Labute approximate surface area is 86.8 Å². The highest BCUT2D eigenvalue weighted by Crippen LogP contribution is 2.17. The molecule has 0 amide bonds. The number of hydrogen-bond donors (Lipinski definition) is 3. The first-order chi connectivity index (χ1) is 5.35. The van der Waals surface area contributed by atoms with Crippen LogP contribution >= 0.6 is 37.9 Å². The zero-order valence-electron chi connectivity index (χ0n) is 6.87. The first kappa shape index (κ1) is 12.0. The van der Waals surface area contributed by atoms with Crippen molar-refractivity contribution in [3.05, 3.63) is 0 Å². The SMILES string of the molecule is SCCCC(CCS)CCS. The number of thiol groups is 3. The minimum absolute atomic E-state index is 0.831. The van der Waals surface area contributed by atoms with Gasteiger partial charge in [-0.25, -0.2) is 0 Å². The summed E-state index contributed by atoms with van der Waals surface area (Å²) in [5.74, 6) is 3.85. The van der Waals surface area contributed by atoms with E-state index < -0.39 is 0 Å². The molecule has 0 saturated carbocycles. The van der Waals surface area contributed by atoms with Gasteiger partial charge in [-0.15, -0.1) is 0 Å². The summed E-state index contributed by atoms with van der Waals surface area (Å²) in [7, 11) is 0. The standard InChI is InChI=1S/C8H18S3/c9-5-1-2-8(3-6-10)4-7-11/h8-11H,1-7H2. The lowest BCUT2D eigenvalue weighted by Crippen LogP contribution is -2.02. The molecular formula is C8H18S3. The second-order valence-electron chi connectivity index (χ2n) is 2.76. The summed E-state index contributed by atoms with van der Waals surface area (Å²) in [6.45, 7) is 0. The van der Waals surface area contributed by atoms with Gasteiger partial charge in [0.2, 0.25) is 0 Å². The molecule has 0 aromatic carbocycles. The highest BCUT2D eigenvalue weighted by molar-refractivity contribution is 7.80. The molecule has 0 saturated heterocycles. The van der Waals surface area contributed by atoms with Crippen molar-refractivity contribution in [3.8, 4) is 0 Å². The molecule has 0 rings (SSSR count). The molecule has 0 aliphatic rings. The molecule has 0 N–H and O–H groups in total. The summed E-state index contributed by atoms with van der Waals surface area (Å²) in [6, 6.07) is 0. The van der Waals surface area contributed by atoms with E-state index in [1.807, 2.05) is 0 Å². The Kier molecular flexibility index (Phi) is 10.0. The Balaban J connectivity index is 3.34. The van der Waals surface area contributed by atoms with Gasteiger partial charge in [-0.3, -0.25) is 0 Å². The van der Waals surface area contributed by atoms with Crippen molar-refractivity contribution in [3.63, 3.8) is 0 Å². The molecule has 0 spiro atoms. The maximum atomic E-state index is 4.23. The van der Waals surface area contributed by atoms with Crippen LogP contribution in [-0.4, -0.2) is 17.3 Å². The maximum Gasteiger partial charge on any atom is -0.00953 e. The average Bonchev–Trinajstić information content (AvgIpc) is 2.01. The minimum Gasteiger partial charge on any atom is -0.179 e. The van der Waals surface area contributed by atoms with Crippen LogP contribution in [0.3, 0.4) is 0 Å². The van der Waals surface area contributed by atoms with E-state index in [9.17, 15) is 0 Å². The lowest BCUT2D eigenvalue weighted by molar-refractivity contribution is 0.460. The van der Waals surface area contributed by atoms with E-state index in [-0.39, 0.29) is 0 Å². The Bertz CT molecular complexity index is 69.7. The molecule has 0 aliphatic carbocycles. The Hall–Kier alpha value is 1.05. The van der Waals surface area contributed by atoms with E-state index in [1.54, 1.807) is 0 Å². The molecule has 3 heteroatoms. The molecule has 0 nitrogen and oxygen atoms in total. The van der Waals surface area contributed by atoms with Gasteiger partial charge in [0.1, 0.15) is 0 Å². The summed E-state index contributed by atoms with van der Waals surface area (Å²) < 4.78 is 0. The van der Waals surface area contributed by atoms with Gasteiger partial charge < -0.3 is 0 Å². The summed E-state index contributed by atoms with van der Waals surface area (Å²) in [5.41, 5.74) is 0. The fraction of sp³-hybridized carbons (Fsp3) is 1.00. The molecule has 0 atom stereocenters. The van der Waals surface area contributed by atoms with Crippen molar-refractivity contribution in [2.24, 2.45) is 5.92 Å². The van der Waals surface area contributed by atoms with Crippen molar-refractivity contribution >= 4 is 37.9 Å². The van der Waals surface area contributed by atoms with Gasteiger partial charge >= 0.3 is 0 Å². The molecule has 0 aliphatic heterocycles. The Morgan fingerprint density at radius 2 is 1.27 bits per heavy atom. The average molecular weight is 210 g/mol. The van der Waals surface area contributed by atoms with Crippen molar-refractivity contribution in [1.29, 1.82) is 0 Å². The van der Waals surface area contributed by atoms with Crippen LogP contribution in [-0.2, 0) is 0 Å². The van der Waals surface area contributed by atoms with Crippen LogP contribution < -0.4 is 0 Å². The van der Waals surface area contributed by atoms with Crippen LogP contribution in [0.4, 0.5) is 0 Å². The summed E-state index contributed by atoms with van der Waals surface area (Å²) in [5, 5.41) is 0. The number of rotatable bonds is 7. The van der Waals surface area contributed by atoms with E-state index in [4.69, 9.17) is 0 Å². The van der Waals surface area contributed by atoms with Crippen LogP contribution in [0.1, 0.15) is 25.7 Å². The lowest BCUT2D eigenvalue weighted by Gasteiger charge is -2.13. The third-order valence-corrected chi connectivity index (χ3v) is 2.68. The predicted octanol–water partition coefficient (Wildman–Crippen LogP) is 2.95. The fourth-order valence-electron chi connectivity index (χ4n) is 1.18. The molecule has 0 aromatic rings. The highest BCUT2D eigenvalue weighted by Gasteiger charge is 2.05. The van der Waals surface area contributed by atoms with E-state index >= 15 is 0 Å². The first-order valence-electron chi connectivity index (χ1n) is 4.17. The lowest BCUT2D eigenvalue weighted by atomic mass is 9.98. The summed E-state index contributed by atoms with van der Waals surface area (Å²) in [6.07, 6.45) is 4.99. The van der Waals surface area contributed by atoms with E-state index in [0.717, 1.165) is 23.2 Å². The van der Waals surface area contributed by atoms with Crippen LogP contribution in [0, 0.1) is 5.92 Å². The van der Waals surface area contributed by atoms with Crippen LogP contribution in [0.2, 0.25) is 0 Å². The topological polar surface area (TPSA) is 0 Å². The normalized spacial score (nSPS) is 10.9. The van der Waals surface area contributed by atoms with E-state index in [0.29, 0.717) is 0 Å². The van der Waals surface area contributed by atoms with Gasteiger partial charge in [0.15, 0.2) is 0 Å². The van der Waals surface area contributed by atoms with Crippen molar-refractivity contribution < 1.29 is 0 Å².